The van der Waals surface area contributed by atoms with Crippen LogP contribution >= 0.6 is 0 Å². The topological polar surface area (TPSA) is 12.0 Å². The second-order valence-electron chi connectivity index (χ2n) is 3.95. The standard InChI is InChI=1S/C14H20FN/c1-4-6-10-13(16-5-2)12-9-7-8-11(3)14(12)15/h4,7-9,13,16H,1,5-6,10H2,2-3H3. The lowest BCUT2D eigenvalue weighted by Gasteiger charge is -2.19. The van der Waals surface area contributed by atoms with Crippen LogP contribution in [0, 0.1) is 12.7 Å². The zero-order chi connectivity index (χ0) is 12.0. The Labute approximate surface area is 97.4 Å². The van der Waals surface area contributed by atoms with Crippen molar-refractivity contribution < 1.29 is 4.39 Å². The summed E-state index contributed by atoms with van der Waals surface area (Å²) in [7, 11) is 0. The van der Waals surface area contributed by atoms with Crippen LogP contribution in [-0.2, 0) is 0 Å². The van der Waals surface area contributed by atoms with Gasteiger partial charge in [-0.15, -0.1) is 6.58 Å². The minimum absolute atomic E-state index is 0.0856. The highest BCUT2D eigenvalue weighted by molar-refractivity contribution is 5.27. The molecule has 0 spiro atoms. The monoisotopic (exact) mass is 221 g/mol. The lowest BCUT2D eigenvalue weighted by molar-refractivity contribution is 0.486. The fraction of sp³-hybridized carbons (Fsp3) is 0.429. The second-order valence-corrected chi connectivity index (χ2v) is 3.95. The average molecular weight is 221 g/mol. The van der Waals surface area contributed by atoms with Crippen LogP contribution in [0.2, 0.25) is 0 Å². The van der Waals surface area contributed by atoms with Crippen LogP contribution < -0.4 is 5.32 Å². The molecule has 0 saturated heterocycles. The first-order valence-electron chi connectivity index (χ1n) is 5.80. The summed E-state index contributed by atoms with van der Waals surface area (Å²) in [4.78, 5) is 0. The van der Waals surface area contributed by atoms with Crippen LogP contribution in [0.15, 0.2) is 30.9 Å². The molecule has 0 aliphatic heterocycles. The Balaban J connectivity index is 2.90. The lowest BCUT2D eigenvalue weighted by atomic mass is 9.99. The van der Waals surface area contributed by atoms with Gasteiger partial charge >= 0.3 is 0 Å². The fourth-order valence-corrected chi connectivity index (χ4v) is 1.84. The van der Waals surface area contributed by atoms with Gasteiger partial charge in [-0.2, -0.15) is 0 Å². The van der Waals surface area contributed by atoms with Gasteiger partial charge < -0.3 is 5.32 Å². The molecule has 1 aromatic carbocycles. The molecule has 0 aromatic heterocycles. The van der Waals surface area contributed by atoms with Crippen LogP contribution in [0.3, 0.4) is 0 Å². The van der Waals surface area contributed by atoms with E-state index in [0.717, 1.165) is 24.9 Å². The Hall–Kier alpha value is -1.15. The lowest BCUT2D eigenvalue weighted by Crippen LogP contribution is -2.22. The van der Waals surface area contributed by atoms with E-state index in [2.05, 4.69) is 11.9 Å². The number of hydrogen-bond donors (Lipinski definition) is 1. The third-order valence-electron chi connectivity index (χ3n) is 2.71. The first-order valence-corrected chi connectivity index (χ1v) is 5.80. The van der Waals surface area contributed by atoms with E-state index in [1.165, 1.54) is 0 Å². The predicted octanol–water partition coefficient (Wildman–Crippen LogP) is 3.75. The number of nitrogens with one attached hydrogen (secondary N) is 1. The number of benzene rings is 1. The molecule has 2 heteroatoms. The maximum Gasteiger partial charge on any atom is 0.130 e. The van der Waals surface area contributed by atoms with Gasteiger partial charge in [-0.25, -0.2) is 4.39 Å². The van der Waals surface area contributed by atoms with Gasteiger partial charge in [-0.05, 0) is 31.9 Å². The SMILES string of the molecule is C=CCCC(NCC)c1cccc(C)c1F. The molecule has 0 heterocycles. The van der Waals surface area contributed by atoms with E-state index in [1.807, 2.05) is 25.1 Å². The van der Waals surface area contributed by atoms with Crippen LogP contribution in [0.25, 0.3) is 0 Å². The first-order chi connectivity index (χ1) is 7.70. The Morgan fingerprint density at radius 2 is 2.25 bits per heavy atom. The maximum absolute atomic E-state index is 13.9. The Bertz CT molecular complexity index is 347. The molecule has 0 bridgehead atoms. The summed E-state index contributed by atoms with van der Waals surface area (Å²) in [6, 6.07) is 5.66. The van der Waals surface area contributed by atoms with Gasteiger partial charge in [0.2, 0.25) is 0 Å². The highest BCUT2D eigenvalue weighted by Crippen LogP contribution is 2.23. The minimum atomic E-state index is -0.0856. The van der Waals surface area contributed by atoms with E-state index in [1.54, 1.807) is 13.0 Å². The van der Waals surface area contributed by atoms with E-state index >= 15 is 0 Å². The zero-order valence-electron chi connectivity index (χ0n) is 10.1. The van der Waals surface area contributed by atoms with Crippen molar-refractivity contribution in [2.24, 2.45) is 0 Å². The molecule has 0 radical (unpaired) electrons. The van der Waals surface area contributed by atoms with Crippen LogP contribution in [0.4, 0.5) is 4.39 Å². The zero-order valence-corrected chi connectivity index (χ0v) is 10.1. The number of halogens is 1. The van der Waals surface area contributed by atoms with Gasteiger partial charge in [-0.3, -0.25) is 0 Å². The summed E-state index contributed by atoms with van der Waals surface area (Å²) in [5, 5.41) is 3.31. The third kappa shape index (κ3) is 3.17. The molecule has 1 N–H and O–H groups in total. The number of rotatable bonds is 6. The highest BCUT2D eigenvalue weighted by Gasteiger charge is 2.14. The first kappa shape index (κ1) is 12.9. The van der Waals surface area contributed by atoms with Gasteiger partial charge in [0.05, 0.1) is 0 Å². The number of hydrogen-bond acceptors (Lipinski definition) is 1. The van der Waals surface area contributed by atoms with Crippen LogP contribution in [0.5, 0.6) is 0 Å². The molecule has 1 aromatic rings. The van der Waals surface area contributed by atoms with Crippen molar-refractivity contribution in [1.82, 2.24) is 5.32 Å². The summed E-state index contributed by atoms with van der Waals surface area (Å²) in [5.74, 6) is -0.0856. The maximum atomic E-state index is 13.9. The fourth-order valence-electron chi connectivity index (χ4n) is 1.84. The van der Waals surface area contributed by atoms with E-state index in [9.17, 15) is 4.39 Å². The normalized spacial score (nSPS) is 12.4. The quantitative estimate of drug-likeness (QED) is 0.721. The number of allylic oxidation sites excluding steroid dienone is 1. The molecule has 0 aliphatic carbocycles. The van der Waals surface area contributed by atoms with E-state index in [4.69, 9.17) is 0 Å². The van der Waals surface area contributed by atoms with E-state index < -0.39 is 0 Å². The number of aryl methyl sites for hydroxylation is 1. The van der Waals surface area contributed by atoms with Gasteiger partial charge in [0, 0.05) is 11.6 Å². The summed E-state index contributed by atoms with van der Waals surface area (Å²) in [6.07, 6.45) is 3.65. The molecule has 1 rings (SSSR count). The molecular weight excluding hydrogens is 201 g/mol. The van der Waals surface area contributed by atoms with Crippen LogP contribution in [0.1, 0.15) is 36.9 Å². The molecule has 1 atom stereocenters. The summed E-state index contributed by atoms with van der Waals surface area (Å²) in [5.41, 5.74) is 1.47. The molecule has 0 saturated carbocycles. The smallest absolute Gasteiger partial charge is 0.130 e. The summed E-state index contributed by atoms with van der Waals surface area (Å²) < 4.78 is 13.9. The molecule has 16 heavy (non-hydrogen) atoms. The largest absolute Gasteiger partial charge is 0.310 e. The van der Waals surface area contributed by atoms with Crippen molar-refractivity contribution in [3.8, 4) is 0 Å². The summed E-state index contributed by atoms with van der Waals surface area (Å²) in [6.45, 7) is 8.38. The molecule has 0 aliphatic rings. The van der Waals surface area contributed by atoms with Gasteiger partial charge in [0.15, 0.2) is 0 Å². The highest BCUT2D eigenvalue weighted by atomic mass is 19.1. The van der Waals surface area contributed by atoms with E-state index in [0.29, 0.717) is 5.56 Å². The summed E-state index contributed by atoms with van der Waals surface area (Å²) >= 11 is 0. The second kappa shape index (κ2) is 6.44. The Morgan fingerprint density at radius 3 is 2.88 bits per heavy atom. The Morgan fingerprint density at radius 1 is 1.50 bits per heavy atom. The molecule has 1 nitrogen and oxygen atoms in total. The van der Waals surface area contributed by atoms with E-state index in [-0.39, 0.29) is 11.9 Å². The van der Waals surface area contributed by atoms with Crippen molar-refractivity contribution in [3.05, 3.63) is 47.8 Å². The molecular formula is C14H20FN. The average Bonchev–Trinajstić information content (AvgIpc) is 2.28. The molecule has 88 valence electrons. The molecule has 0 fully saturated rings. The third-order valence-corrected chi connectivity index (χ3v) is 2.71. The van der Waals surface area contributed by atoms with Crippen molar-refractivity contribution >= 4 is 0 Å². The van der Waals surface area contributed by atoms with Gasteiger partial charge in [0.1, 0.15) is 5.82 Å². The van der Waals surface area contributed by atoms with Gasteiger partial charge in [-0.1, -0.05) is 31.2 Å². The van der Waals surface area contributed by atoms with Crippen molar-refractivity contribution in [3.63, 3.8) is 0 Å². The van der Waals surface area contributed by atoms with Crippen molar-refractivity contribution in [2.45, 2.75) is 32.7 Å². The van der Waals surface area contributed by atoms with Gasteiger partial charge in [0.25, 0.3) is 0 Å². The molecule has 1 unspecified atom stereocenters. The van der Waals surface area contributed by atoms with Crippen molar-refractivity contribution in [1.29, 1.82) is 0 Å². The van der Waals surface area contributed by atoms with Crippen LogP contribution in [-0.4, -0.2) is 6.54 Å². The predicted molar refractivity (Wildman–Crippen MR) is 67.0 cm³/mol. The molecule has 0 amide bonds. The minimum Gasteiger partial charge on any atom is -0.310 e. The van der Waals surface area contributed by atoms with Crippen molar-refractivity contribution in [2.75, 3.05) is 6.54 Å². The Kier molecular flexibility index (Phi) is 5.20.